The Labute approximate surface area is 113 Å². The van der Waals surface area contributed by atoms with E-state index in [-0.39, 0.29) is 0 Å². The molecule has 102 valence electrons. The maximum absolute atomic E-state index is 5.46. The van der Waals surface area contributed by atoms with Gasteiger partial charge in [0.1, 0.15) is 0 Å². The number of ether oxygens (including phenoxy) is 2. The monoisotopic (exact) mass is 270 g/mol. The zero-order valence-electron chi connectivity index (χ0n) is 11.0. The summed E-state index contributed by atoms with van der Waals surface area (Å²) in [5.41, 5.74) is 1.21. The fraction of sp³-hybridized carbons (Fsp3) is 0.769. The van der Waals surface area contributed by atoms with E-state index in [4.69, 9.17) is 14.5 Å². The number of nitrogens with one attached hydrogen (secondary N) is 1. The number of piperidine rings is 1. The van der Waals surface area contributed by atoms with Crippen LogP contribution in [0.1, 0.15) is 36.0 Å². The van der Waals surface area contributed by atoms with Crippen LogP contribution >= 0.6 is 11.3 Å². The molecule has 0 amide bonds. The maximum Gasteiger partial charge on any atom is 0.0951 e. The van der Waals surface area contributed by atoms with E-state index in [2.05, 4.69) is 10.7 Å². The lowest BCUT2D eigenvalue weighted by molar-refractivity contribution is 0.0722. The molecule has 5 heteroatoms. The minimum atomic E-state index is 0.471. The first-order valence-corrected chi connectivity index (χ1v) is 7.52. The number of rotatable bonds is 7. The molecule has 1 N–H and O–H groups in total. The summed E-state index contributed by atoms with van der Waals surface area (Å²) in [6, 6.07) is 0.471. The van der Waals surface area contributed by atoms with Gasteiger partial charge in [0.25, 0.3) is 0 Å². The van der Waals surface area contributed by atoms with E-state index in [1.807, 2.05) is 0 Å². The van der Waals surface area contributed by atoms with E-state index in [1.165, 1.54) is 30.0 Å². The van der Waals surface area contributed by atoms with Crippen LogP contribution in [-0.4, -0.2) is 38.5 Å². The summed E-state index contributed by atoms with van der Waals surface area (Å²) in [6.45, 7) is 3.18. The molecule has 0 saturated carbocycles. The quantitative estimate of drug-likeness (QED) is 0.771. The second kappa shape index (κ2) is 7.84. The van der Waals surface area contributed by atoms with Crippen molar-refractivity contribution in [2.75, 3.05) is 33.5 Å². The number of hydrogen-bond acceptors (Lipinski definition) is 5. The lowest BCUT2D eigenvalue weighted by atomic mass is 10.0. The Kier molecular flexibility index (Phi) is 6.07. The topological polar surface area (TPSA) is 43.4 Å². The molecule has 0 radical (unpaired) electrons. The van der Waals surface area contributed by atoms with Crippen LogP contribution in [0.2, 0.25) is 0 Å². The Hall–Kier alpha value is -0.490. The molecule has 0 aromatic carbocycles. The largest absolute Gasteiger partial charge is 0.382 e. The minimum Gasteiger partial charge on any atom is -0.382 e. The van der Waals surface area contributed by atoms with E-state index in [0.717, 1.165) is 19.6 Å². The molecular formula is C13H22N2O2S. The van der Waals surface area contributed by atoms with Crippen LogP contribution in [0.25, 0.3) is 0 Å². The van der Waals surface area contributed by atoms with Crippen molar-refractivity contribution in [3.05, 3.63) is 16.1 Å². The Morgan fingerprint density at radius 1 is 1.39 bits per heavy atom. The highest BCUT2D eigenvalue weighted by Crippen LogP contribution is 2.24. The molecule has 1 aromatic rings. The molecule has 1 unspecified atom stereocenters. The molecule has 4 nitrogen and oxygen atoms in total. The fourth-order valence-electron chi connectivity index (χ4n) is 2.11. The van der Waals surface area contributed by atoms with E-state index in [0.29, 0.717) is 19.3 Å². The average Bonchev–Trinajstić information content (AvgIpc) is 2.88. The first kappa shape index (κ1) is 13.9. The van der Waals surface area contributed by atoms with Crippen LogP contribution < -0.4 is 5.32 Å². The molecule has 1 saturated heterocycles. The zero-order chi connectivity index (χ0) is 12.6. The summed E-state index contributed by atoms with van der Waals surface area (Å²) in [5.74, 6) is 0. The van der Waals surface area contributed by atoms with Crippen molar-refractivity contribution in [2.45, 2.75) is 31.7 Å². The second-order valence-corrected chi connectivity index (χ2v) is 5.47. The average molecular weight is 270 g/mol. The van der Waals surface area contributed by atoms with Gasteiger partial charge in [-0.1, -0.05) is 6.42 Å². The standard InChI is InChI=1S/C13H22N2O2S/c1-16-8-9-17-7-5-13-15-12(10-18-13)11-4-2-3-6-14-11/h10-11,14H,2-9H2,1H3. The third-order valence-electron chi connectivity index (χ3n) is 3.13. The fourth-order valence-corrected chi connectivity index (χ4v) is 2.94. The number of methoxy groups -OCH3 is 1. The minimum absolute atomic E-state index is 0.471. The summed E-state index contributed by atoms with van der Waals surface area (Å²) in [5, 5.41) is 6.89. The molecule has 2 rings (SSSR count). The molecule has 2 heterocycles. The SMILES string of the molecule is COCCOCCc1nc(C2CCCCN2)cs1. The molecule has 18 heavy (non-hydrogen) atoms. The van der Waals surface area contributed by atoms with Gasteiger partial charge in [-0.05, 0) is 19.4 Å². The van der Waals surface area contributed by atoms with Crippen molar-refractivity contribution in [1.29, 1.82) is 0 Å². The van der Waals surface area contributed by atoms with E-state index in [1.54, 1.807) is 18.4 Å². The Morgan fingerprint density at radius 2 is 2.33 bits per heavy atom. The number of nitrogens with zero attached hydrogens (tertiary/aromatic N) is 1. The summed E-state index contributed by atoms with van der Waals surface area (Å²) >= 11 is 1.74. The third kappa shape index (κ3) is 4.31. The molecular weight excluding hydrogens is 248 g/mol. The predicted octanol–water partition coefficient (Wildman–Crippen LogP) is 2.16. The van der Waals surface area contributed by atoms with Gasteiger partial charge in [-0.3, -0.25) is 0 Å². The van der Waals surface area contributed by atoms with Crippen LogP contribution in [0, 0.1) is 0 Å². The van der Waals surface area contributed by atoms with Crippen molar-refractivity contribution in [1.82, 2.24) is 10.3 Å². The van der Waals surface area contributed by atoms with Gasteiger partial charge in [0.15, 0.2) is 0 Å². The molecule has 1 aliphatic rings. The number of aromatic nitrogens is 1. The van der Waals surface area contributed by atoms with Gasteiger partial charge in [0.2, 0.25) is 0 Å². The molecule has 0 spiro atoms. The highest BCUT2D eigenvalue weighted by Gasteiger charge is 2.17. The Balaban J connectivity index is 1.72. The van der Waals surface area contributed by atoms with Gasteiger partial charge in [-0.2, -0.15) is 0 Å². The van der Waals surface area contributed by atoms with Crippen LogP contribution in [0.4, 0.5) is 0 Å². The number of hydrogen-bond donors (Lipinski definition) is 1. The van der Waals surface area contributed by atoms with Crippen LogP contribution in [0.5, 0.6) is 0 Å². The highest BCUT2D eigenvalue weighted by atomic mass is 32.1. The van der Waals surface area contributed by atoms with Gasteiger partial charge in [-0.25, -0.2) is 4.98 Å². The first-order chi connectivity index (χ1) is 8.90. The van der Waals surface area contributed by atoms with Gasteiger partial charge in [0, 0.05) is 18.9 Å². The summed E-state index contributed by atoms with van der Waals surface area (Å²) < 4.78 is 10.4. The van der Waals surface area contributed by atoms with Gasteiger partial charge >= 0.3 is 0 Å². The van der Waals surface area contributed by atoms with E-state index in [9.17, 15) is 0 Å². The van der Waals surface area contributed by atoms with E-state index >= 15 is 0 Å². The van der Waals surface area contributed by atoms with Crippen LogP contribution in [0.15, 0.2) is 5.38 Å². The van der Waals surface area contributed by atoms with Gasteiger partial charge in [-0.15, -0.1) is 11.3 Å². The Bertz CT molecular complexity index is 337. The first-order valence-electron chi connectivity index (χ1n) is 6.64. The molecule has 1 aliphatic heterocycles. The normalized spacial score (nSPS) is 20.2. The third-order valence-corrected chi connectivity index (χ3v) is 4.06. The van der Waals surface area contributed by atoms with Crippen molar-refractivity contribution in [3.8, 4) is 0 Å². The van der Waals surface area contributed by atoms with E-state index < -0.39 is 0 Å². The second-order valence-electron chi connectivity index (χ2n) is 4.52. The molecule has 1 atom stereocenters. The lowest BCUT2D eigenvalue weighted by Gasteiger charge is -2.21. The Morgan fingerprint density at radius 3 is 3.11 bits per heavy atom. The molecule has 0 aliphatic carbocycles. The van der Waals surface area contributed by atoms with Crippen molar-refractivity contribution in [3.63, 3.8) is 0 Å². The van der Waals surface area contributed by atoms with Crippen molar-refractivity contribution < 1.29 is 9.47 Å². The zero-order valence-corrected chi connectivity index (χ0v) is 11.8. The van der Waals surface area contributed by atoms with Crippen LogP contribution in [0.3, 0.4) is 0 Å². The van der Waals surface area contributed by atoms with Crippen molar-refractivity contribution >= 4 is 11.3 Å². The van der Waals surface area contributed by atoms with Crippen molar-refractivity contribution in [2.24, 2.45) is 0 Å². The maximum atomic E-state index is 5.46. The smallest absolute Gasteiger partial charge is 0.0951 e. The lowest BCUT2D eigenvalue weighted by Crippen LogP contribution is -2.27. The van der Waals surface area contributed by atoms with Gasteiger partial charge < -0.3 is 14.8 Å². The summed E-state index contributed by atoms with van der Waals surface area (Å²) in [6.07, 6.45) is 4.72. The summed E-state index contributed by atoms with van der Waals surface area (Å²) in [7, 11) is 1.69. The van der Waals surface area contributed by atoms with Gasteiger partial charge in [0.05, 0.1) is 36.6 Å². The molecule has 1 fully saturated rings. The number of thiazole rings is 1. The molecule has 1 aromatic heterocycles. The predicted molar refractivity (Wildman–Crippen MR) is 73.1 cm³/mol. The molecule has 0 bridgehead atoms. The highest BCUT2D eigenvalue weighted by molar-refractivity contribution is 7.09. The van der Waals surface area contributed by atoms with Crippen LogP contribution in [-0.2, 0) is 15.9 Å². The summed E-state index contributed by atoms with van der Waals surface area (Å²) in [4.78, 5) is 4.70.